The van der Waals surface area contributed by atoms with Gasteiger partial charge in [-0.3, -0.25) is 0 Å². The van der Waals surface area contributed by atoms with Crippen LogP contribution < -0.4 is 4.72 Å². The van der Waals surface area contributed by atoms with Crippen molar-refractivity contribution in [3.05, 3.63) is 18.5 Å². The van der Waals surface area contributed by atoms with Gasteiger partial charge < -0.3 is 0 Å². The van der Waals surface area contributed by atoms with Crippen LogP contribution in [0.4, 0.5) is 0 Å². The van der Waals surface area contributed by atoms with Gasteiger partial charge in [-0.05, 0) is 6.92 Å². The van der Waals surface area contributed by atoms with E-state index in [0.717, 1.165) is 5.41 Å². The molecule has 0 spiro atoms. The van der Waals surface area contributed by atoms with Crippen molar-refractivity contribution in [1.29, 1.82) is 0 Å². The monoisotopic (exact) mass is 134 g/mol. The van der Waals surface area contributed by atoms with Crippen LogP contribution in [0.3, 0.4) is 0 Å². The lowest BCUT2D eigenvalue weighted by atomic mass is 10.8. The molecule has 0 aromatic rings. The summed E-state index contributed by atoms with van der Waals surface area (Å²) in [7, 11) is -3.21. The maximum absolute atomic E-state index is 10.3. The molecular formula is C4H8NO2S. The second-order valence-corrected chi connectivity index (χ2v) is 2.78. The van der Waals surface area contributed by atoms with Crippen molar-refractivity contribution in [1.82, 2.24) is 4.72 Å². The van der Waals surface area contributed by atoms with Crippen LogP contribution in [0.15, 0.2) is 12.0 Å². The number of hydrogen-bond acceptors (Lipinski definition) is 2. The lowest BCUT2D eigenvalue weighted by molar-refractivity contribution is 0.597. The van der Waals surface area contributed by atoms with E-state index in [2.05, 4.69) is 11.3 Å². The first-order chi connectivity index (χ1) is 3.62. The maximum atomic E-state index is 10.3. The SMILES string of the molecule is C=CS(=O)(=O)N[CH]C. The molecule has 4 heteroatoms. The van der Waals surface area contributed by atoms with Crippen LogP contribution >= 0.6 is 0 Å². The first kappa shape index (κ1) is 7.65. The van der Waals surface area contributed by atoms with Gasteiger partial charge in [0, 0.05) is 12.0 Å². The third-order valence-electron chi connectivity index (χ3n) is 0.502. The molecule has 3 nitrogen and oxygen atoms in total. The fraction of sp³-hybridized carbons (Fsp3) is 0.250. The van der Waals surface area contributed by atoms with Crippen LogP contribution in [0.1, 0.15) is 6.92 Å². The van der Waals surface area contributed by atoms with Gasteiger partial charge in [0.25, 0.3) is 0 Å². The van der Waals surface area contributed by atoms with Gasteiger partial charge >= 0.3 is 0 Å². The quantitative estimate of drug-likeness (QED) is 0.600. The Morgan fingerprint density at radius 1 is 1.62 bits per heavy atom. The van der Waals surface area contributed by atoms with Crippen molar-refractivity contribution in [3.63, 3.8) is 0 Å². The van der Waals surface area contributed by atoms with Gasteiger partial charge in [0.1, 0.15) is 0 Å². The van der Waals surface area contributed by atoms with E-state index in [1.807, 2.05) is 0 Å². The summed E-state index contributed by atoms with van der Waals surface area (Å²) in [5, 5.41) is 0.854. The third-order valence-corrected chi connectivity index (χ3v) is 1.50. The molecule has 0 unspecified atom stereocenters. The highest BCUT2D eigenvalue weighted by Gasteiger charge is 1.97. The summed E-state index contributed by atoms with van der Waals surface area (Å²) in [6.45, 7) is 6.00. The van der Waals surface area contributed by atoms with Crippen LogP contribution in [0.25, 0.3) is 0 Å². The highest BCUT2D eigenvalue weighted by Crippen LogP contribution is 1.82. The minimum atomic E-state index is -3.21. The maximum Gasteiger partial charge on any atom is 0.233 e. The number of nitrogens with one attached hydrogen (secondary N) is 1. The fourth-order valence-corrected chi connectivity index (χ4v) is 0.637. The average Bonchev–Trinajstić information content (AvgIpc) is 1.67. The van der Waals surface area contributed by atoms with Crippen LogP contribution in [-0.4, -0.2) is 8.42 Å². The smallest absolute Gasteiger partial charge is 0.208 e. The molecular weight excluding hydrogens is 126 g/mol. The average molecular weight is 134 g/mol. The highest BCUT2D eigenvalue weighted by molar-refractivity contribution is 7.92. The van der Waals surface area contributed by atoms with Crippen molar-refractivity contribution in [3.8, 4) is 0 Å². The molecule has 1 radical (unpaired) electrons. The predicted molar refractivity (Wildman–Crippen MR) is 32.2 cm³/mol. The van der Waals surface area contributed by atoms with E-state index < -0.39 is 10.0 Å². The summed E-state index contributed by atoms with van der Waals surface area (Å²) in [6, 6.07) is 0. The molecule has 8 heavy (non-hydrogen) atoms. The highest BCUT2D eigenvalue weighted by atomic mass is 32.2. The number of sulfonamides is 1. The molecule has 0 atom stereocenters. The molecule has 0 saturated carbocycles. The van der Waals surface area contributed by atoms with Crippen LogP contribution in [-0.2, 0) is 10.0 Å². The van der Waals surface area contributed by atoms with E-state index in [0.29, 0.717) is 0 Å². The third kappa shape index (κ3) is 2.76. The molecule has 0 amide bonds. The molecule has 0 rings (SSSR count). The topological polar surface area (TPSA) is 46.2 Å². The Hall–Kier alpha value is -0.350. The Kier molecular flexibility index (Phi) is 2.71. The zero-order chi connectivity index (χ0) is 6.62. The lowest BCUT2D eigenvalue weighted by Gasteiger charge is -1.92. The Labute approximate surface area is 49.5 Å². The molecule has 0 aromatic carbocycles. The molecule has 0 aromatic heterocycles. The molecule has 0 bridgehead atoms. The van der Waals surface area contributed by atoms with Gasteiger partial charge in [-0.2, -0.15) is 0 Å². The first-order valence-corrected chi connectivity index (χ1v) is 3.59. The van der Waals surface area contributed by atoms with E-state index in [9.17, 15) is 8.42 Å². The van der Waals surface area contributed by atoms with Gasteiger partial charge in [0.15, 0.2) is 0 Å². The van der Waals surface area contributed by atoms with Crippen molar-refractivity contribution >= 4 is 10.0 Å². The summed E-state index contributed by atoms with van der Waals surface area (Å²) in [5.41, 5.74) is 0. The number of rotatable bonds is 3. The summed E-state index contributed by atoms with van der Waals surface area (Å²) < 4.78 is 22.8. The van der Waals surface area contributed by atoms with E-state index in [1.54, 1.807) is 6.92 Å². The fourth-order valence-electron chi connectivity index (χ4n) is 0.212. The van der Waals surface area contributed by atoms with Gasteiger partial charge in [0.2, 0.25) is 10.0 Å². The number of hydrogen-bond donors (Lipinski definition) is 1. The van der Waals surface area contributed by atoms with E-state index >= 15 is 0 Å². The summed E-state index contributed by atoms with van der Waals surface area (Å²) in [4.78, 5) is 0. The van der Waals surface area contributed by atoms with E-state index in [4.69, 9.17) is 0 Å². The molecule has 0 aliphatic heterocycles. The van der Waals surface area contributed by atoms with E-state index in [1.165, 1.54) is 6.54 Å². The summed E-state index contributed by atoms with van der Waals surface area (Å²) in [5.74, 6) is 0. The van der Waals surface area contributed by atoms with Crippen molar-refractivity contribution in [2.75, 3.05) is 0 Å². The molecule has 1 N–H and O–H groups in total. The van der Waals surface area contributed by atoms with Crippen LogP contribution in [0.2, 0.25) is 0 Å². The zero-order valence-electron chi connectivity index (χ0n) is 4.59. The van der Waals surface area contributed by atoms with Crippen molar-refractivity contribution < 1.29 is 8.42 Å². The minimum absolute atomic E-state index is 0.854. The lowest BCUT2D eigenvalue weighted by Crippen LogP contribution is -2.15. The zero-order valence-corrected chi connectivity index (χ0v) is 5.40. The molecule has 0 saturated heterocycles. The van der Waals surface area contributed by atoms with E-state index in [-0.39, 0.29) is 0 Å². The second kappa shape index (κ2) is 2.84. The summed E-state index contributed by atoms with van der Waals surface area (Å²) >= 11 is 0. The Balaban J connectivity index is 3.95. The Morgan fingerprint density at radius 2 is 2.12 bits per heavy atom. The summed E-state index contributed by atoms with van der Waals surface area (Å²) in [6.07, 6.45) is 0. The van der Waals surface area contributed by atoms with Crippen LogP contribution in [0, 0.1) is 6.54 Å². The molecule has 0 aliphatic carbocycles. The first-order valence-electron chi connectivity index (χ1n) is 2.05. The van der Waals surface area contributed by atoms with Gasteiger partial charge in [0.05, 0.1) is 0 Å². The molecule has 47 valence electrons. The van der Waals surface area contributed by atoms with Crippen LogP contribution in [0.5, 0.6) is 0 Å². The molecule has 0 fully saturated rings. The Morgan fingerprint density at radius 3 is 2.25 bits per heavy atom. The Bertz CT molecular complexity index is 159. The predicted octanol–water partition coefficient (Wildman–Crippen LogP) is 0.231. The van der Waals surface area contributed by atoms with Gasteiger partial charge in [-0.1, -0.05) is 6.58 Å². The molecule has 0 aliphatic rings. The minimum Gasteiger partial charge on any atom is -0.208 e. The second-order valence-electron chi connectivity index (χ2n) is 1.12. The van der Waals surface area contributed by atoms with Gasteiger partial charge in [-0.25, -0.2) is 13.1 Å². The van der Waals surface area contributed by atoms with Crippen molar-refractivity contribution in [2.45, 2.75) is 6.92 Å². The standard InChI is InChI=1S/C4H8NO2S/c1-3-5-8(6,7)4-2/h3-5H,2H2,1H3. The van der Waals surface area contributed by atoms with Crippen molar-refractivity contribution in [2.24, 2.45) is 0 Å². The molecule has 0 heterocycles. The normalized spacial score (nSPS) is 11.1. The van der Waals surface area contributed by atoms with Gasteiger partial charge in [-0.15, -0.1) is 0 Å². The largest absolute Gasteiger partial charge is 0.233 e.